The normalized spacial score (nSPS) is 15.7. The van der Waals surface area contributed by atoms with Crippen molar-refractivity contribution in [1.29, 1.82) is 0 Å². The number of aryl methyl sites for hydroxylation is 2. The number of nitrogens with zero attached hydrogens (tertiary/aromatic N) is 7. The summed E-state index contributed by atoms with van der Waals surface area (Å²) in [6.45, 7) is 9.08. The molecule has 10 heteroatoms. The Morgan fingerprint density at radius 3 is 2.76 bits per heavy atom. The van der Waals surface area contributed by atoms with Gasteiger partial charge in [-0.05, 0) is 20.8 Å². The van der Waals surface area contributed by atoms with E-state index in [9.17, 15) is 4.79 Å². The van der Waals surface area contributed by atoms with Gasteiger partial charge in [0.1, 0.15) is 18.2 Å². The maximum absolute atomic E-state index is 12.7. The number of carbonyl (C=O) groups excluding carboxylic acids is 1. The number of amides is 1. The molecule has 1 amide bonds. The molecule has 0 bridgehead atoms. The molecule has 1 aliphatic rings. The molecule has 0 unspecified atom stereocenters. The molecule has 0 radical (unpaired) electrons. The lowest BCUT2D eigenvalue weighted by Gasteiger charge is -2.29. The van der Waals surface area contributed by atoms with E-state index in [2.05, 4.69) is 27.3 Å². The van der Waals surface area contributed by atoms with Crippen molar-refractivity contribution in [3.63, 3.8) is 0 Å². The van der Waals surface area contributed by atoms with Crippen LogP contribution in [0.3, 0.4) is 0 Å². The average molecular weight is 398 g/mol. The molecule has 3 aromatic rings. The highest BCUT2D eigenvalue weighted by Gasteiger charge is 2.24. The second kappa shape index (κ2) is 7.78. The first-order valence-electron chi connectivity index (χ1n) is 9.84. The minimum Gasteiger partial charge on any atom is -0.378 e. The monoisotopic (exact) mass is 398 g/mol. The molecule has 0 saturated carbocycles. The van der Waals surface area contributed by atoms with Crippen LogP contribution in [-0.2, 0) is 23.1 Å². The van der Waals surface area contributed by atoms with Gasteiger partial charge in [0.05, 0.1) is 25.0 Å². The van der Waals surface area contributed by atoms with Gasteiger partial charge in [-0.3, -0.25) is 9.48 Å². The van der Waals surface area contributed by atoms with Crippen molar-refractivity contribution in [1.82, 2.24) is 34.2 Å². The number of rotatable bonds is 5. The summed E-state index contributed by atoms with van der Waals surface area (Å²) in [5.74, 6) is 1.34. The number of carbonyl (C=O) groups is 1. The number of fused-ring (bicyclic) bond motifs is 1. The first-order valence-corrected chi connectivity index (χ1v) is 9.84. The lowest BCUT2D eigenvalue weighted by atomic mass is 10.2. The molecule has 29 heavy (non-hydrogen) atoms. The Balaban J connectivity index is 1.65. The van der Waals surface area contributed by atoms with E-state index in [0.717, 1.165) is 23.6 Å². The van der Waals surface area contributed by atoms with Crippen LogP contribution in [0.4, 0.5) is 5.82 Å². The Labute approximate surface area is 168 Å². The van der Waals surface area contributed by atoms with Crippen LogP contribution in [0, 0.1) is 6.92 Å². The van der Waals surface area contributed by atoms with Crippen molar-refractivity contribution in [3.05, 3.63) is 18.2 Å². The zero-order valence-corrected chi connectivity index (χ0v) is 17.2. The van der Waals surface area contributed by atoms with Gasteiger partial charge < -0.3 is 19.5 Å². The van der Waals surface area contributed by atoms with E-state index in [-0.39, 0.29) is 5.91 Å². The molecule has 1 saturated heterocycles. The fourth-order valence-corrected chi connectivity index (χ4v) is 3.65. The van der Waals surface area contributed by atoms with Gasteiger partial charge in [-0.15, -0.1) is 0 Å². The number of hydrogen-bond acceptors (Lipinski definition) is 7. The fraction of sp³-hybridized carbons (Fsp3) is 0.526. The van der Waals surface area contributed by atoms with Gasteiger partial charge in [-0.1, -0.05) is 0 Å². The smallest absolute Gasteiger partial charge is 0.244 e. The zero-order chi connectivity index (χ0) is 20.5. The Morgan fingerprint density at radius 2 is 2.07 bits per heavy atom. The van der Waals surface area contributed by atoms with Crippen molar-refractivity contribution >= 4 is 22.9 Å². The first kappa shape index (κ1) is 19.3. The van der Waals surface area contributed by atoms with E-state index >= 15 is 0 Å². The van der Waals surface area contributed by atoms with Crippen LogP contribution in [0.15, 0.2) is 12.5 Å². The highest BCUT2D eigenvalue weighted by molar-refractivity contribution is 5.90. The molecule has 1 N–H and O–H groups in total. The van der Waals surface area contributed by atoms with E-state index < -0.39 is 6.04 Å². The quantitative estimate of drug-likeness (QED) is 0.689. The summed E-state index contributed by atoms with van der Waals surface area (Å²) in [6.07, 6.45) is 3.32. The molecule has 1 fully saturated rings. The minimum absolute atomic E-state index is 0.0243. The molecule has 3 aromatic heterocycles. The SMILES string of the molecule is CCn1ncc(-c2nc3c(N[C@H](C)C(=O)N4CCOCC4)ncnc3n2C)c1C. The average Bonchev–Trinajstić information content (AvgIpc) is 3.28. The molecular formula is C19H26N8O2. The van der Waals surface area contributed by atoms with Gasteiger partial charge in [0.2, 0.25) is 5.91 Å². The number of aromatic nitrogens is 6. The molecule has 4 heterocycles. The topological polar surface area (TPSA) is 103 Å². The van der Waals surface area contributed by atoms with Crippen molar-refractivity contribution in [3.8, 4) is 11.4 Å². The summed E-state index contributed by atoms with van der Waals surface area (Å²) in [4.78, 5) is 28.1. The van der Waals surface area contributed by atoms with Gasteiger partial charge in [0.15, 0.2) is 17.0 Å². The number of hydrogen-bond donors (Lipinski definition) is 1. The van der Waals surface area contributed by atoms with Crippen molar-refractivity contribution in [2.75, 3.05) is 31.6 Å². The highest BCUT2D eigenvalue weighted by atomic mass is 16.5. The number of morpholine rings is 1. The summed E-state index contributed by atoms with van der Waals surface area (Å²) < 4.78 is 9.19. The Morgan fingerprint density at radius 1 is 1.31 bits per heavy atom. The van der Waals surface area contributed by atoms with Gasteiger partial charge in [0.25, 0.3) is 0 Å². The van der Waals surface area contributed by atoms with E-state index in [1.165, 1.54) is 6.33 Å². The zero-order valence-electron chi connectivity index (χ0n) is 17.2. The Kier molecular flexibility index (Phi) is 5.18. The minimum atomic E-state index is -0.429. The first-order chi connectivity index (χ1) is 14.0. The predicted molar refractivity (Wildman–Crippen MR) is 108 cm³/mol. The summed E-state index contributed by atoms with van der Waals surface area (Å²) in [7, 11) is 1.92. The summed E-state index contributed by atoms with van der Waals surface area (Å²) in [5, 5.41) is 7.64. The van der Waals surface area contributed by atoms with Crippen molar-refractivity contribution < 1.29 is 9.53 Å². The molecule has 1 aliphatic heterocycles. The Bertz CT molecular complexity index is 1030. The molecule has 0 aliphatic carbocycles. The molecule has 154 valence electrons. The molecule has 10 nitrogen and oxygen atoms in total. The maximum Gasteiger partial charge on any atom is 0.244 e. The van der Waals surface area contributed by atoms with Crippen LogP contribution in [-0.4, -0.2) is 72.5 Å². The largest absolute Gasteiger partial charge is 0.378 e. The lowest BCUT2D eigenvalue weighted by molar-refractivity contribution is -0.135. The number of nitrogens with one attached hydrogen (secondary N) is 1. The number of imidazole rings is 1. The molecule has 4 rings (SSSR count). The van der Waals surface area contributed by atoms with E-state index in [1.54, 1.807) is 0 Å². The van der Waals surface area contributed by atoms with Crippen LogP contribution in [0.1, 0.15) is 19.5 Å². The van der Waals surface area contributed by atoms with Crippen LogP contribution >= 0.6 is 0 Å². The second-order valence-electron chi connectivity index (χ2n) is 7.15. The summed E-state index contributed by atoms with van der Waals surface area (Å²) in [5.41, 5.74) is 3.34. The third-order valence-corrected chi connectivity index (χ3v) is 5.35. The second-order valence-corrected chi connectivity index (χ2v) is 7.15. The highest BCUT2D eigenvalue weighted by Crippen LogP contribution is 2.28. The van der Waals surface area contributed by atoms with E-state index in [1.807, 2.05) is 41.2 Å². The number of anilines is 1. The van der Waals surface area contributed by atoms with Crippen LogP contribution < -0.4 is 5.32 Å². The van der Waals surface area contributed by atoms with Crippen molar-refractivity contribution in [2.45, 2.75) is 33.4 Å². The summed E-state index contributed by atoms with van der Waals surface area (Å²) >= 11 is 0. The molecule has 0 spiro atoms. The molecular weight excluding hydrogens is 372 g/mol. The van der Waals surface area contributed by atoms with Gasteiger partial charge in [0, 0.05) is 32.4 Å². The standard InChI is InChI=1S/C19H26N8O2/c1-5-27-13(3)14(10-22-27)17-24-15-16(20-11-21-18(15)25(17)4)23-12(2)19(28)26-6-8-29-9-7-26/h10-12H,5-9H2,1-4H3,(H,20,21,23)/t12-/m1/s1. The van der Waals surface area contributed by atoms with Gasteiger partial charge in [-0.2, -0.15) is 5.10 Å². The predicted octanol–water partition coefficient (Wildman–Crippen LogP) is 1.21. The third kappa shape index (κ3) is 3.44. The van der Waals surface area contributed by atoms with E-state index in [0.29, 0.717) is 43.3 Å². The molecule has 0 aromatic carbocycles. The van der Waals surface area contributed by atoms with Crippen LogP contribution in [0.5, 0.6) is 0 Å². The molecule has 1 atom stereocenters. The summed E-state index contributed by atoms with van der Waals surface area (Å²) in [6, 6.07) is -0.429. The third-order valence-electron chi connectivity index (χ3n) is 5.35. The fourth-order valence-electron chi connectivity index (χ4n) is 3.65. The van der Waals surface area contributed by atoms with E-state index in [4.69, 9.17) is 9.72 Å². The van der Waals surface area contributed by atoms with Crippen LogP contribution in [0.2, 0.25) is 0 Å². The van der Waals surface area contributed by atoms with Gasteiger partial charge in [-0.25, -0.2) is 15.0 Å². The number of ether oxygens (including phenoxy) is 1. The Hall–Kier alpha value is -3.01. The van der Waals surface area contributed by atoms with Crippen LogP contribution in [0.25, 0.3) is 22.6 Å². The maximum atomic E-state index is 12.7. The van der Waals surface area contributed by atoms with Gasteiger partial charge >= 0.3 is 0 Å². The van der Waals surface area contributed by atoms with Crippen molar-refractivity contribution in [2.24, 2.45) is 7.05 Å². The lowest BCUT2D eigenvalue weighted by Crippen LogP contribution is -2.47.